The van der Waals surface area contributed by atoms with Crippen molar-refractivity contribution in [3.8, 4) is 0 Å². The van der Waals surface area contributed by atoms with Crippen LogP contribution in [0.25, 0.3) is 11.0 Å². The van der Waals surface area contributed by atoms with Gasteiger partial charge in [0.1, 0.15) is 16.4 Å². The van der Waals surface area contributed by atoms with E-state index >= 15 is 0 Å². The van der Waals surface area contributed by atoms with Crippen LogP contribution in [0.15, 0.2) is 57.9 Å². The number of nitrogens with zero attached hydrogens (tertiary/aromatic N) is 1. The minimum atomic E-state index is -0.214. The second-order valence-electron chi connectivity index (χ2n) is 3.97. The molecule has 0 aliphatic heterocycles. The molecule has 3 aromatic rings. The topological polar surface area (TPSA) is 55.1 Å². The Bertz CT molecular complexity index is 735. The summed E-state index contributed by atoms with van der Waals surface area (Å²) in [5, 5.41) is 3.58. The van der Waals surface area contributed by atoms with Crippen LogP contribution in [-0.2, 0) is 0 Å². The first-order chi connectivity index (χ1) is 9.24. The third-order valence-corrected chi connectivity index (χ3v) is 3.18. The fourth-order valence-corrected chi connectivity index (χ4v) is 2.04. The SMILES string of the molecule is O=C(Nc1ccc(Br)nc1)c1coc2ccccc12. The Hall–Kier alpha value is -2.14. The lowest BCUT2D eigenvalue weighted by Crippen LogP contribution is -2.11. The molecule has 3 rings (SSSR count). The summed E-state index contributed by atoms with van der Waals surface area (Å²) in [4.78, 5) is 16.2. The highest BCUT2D eigenvalue weighted by Gasteiger charge is 2.13. The van der Waals surface area contributed by atoms with Crippen molar-refractivity contribution in [2.24, 2.45) is 0 Å². The van der Waals surface area contributed by atoms with Crippen LogP contribution in [0.4, 0.5) is 5.69 Å². The van der Waals surface area contributed by atoms with Crippen LogP contribution in [-0.4, -0.2) is 10.9 Å². The van der Waals surface area contributed by atoms with Crippen molar-refractivity contribution in [3.63, 3.8) is 0 Å². The zero-order chi connectivity index (χ0) is 13.2. The maximum absolute atomic E-state index is 12.2. The molecule has 0 saturated carbocycles. The zero-order valence-corrected chi connectivity index (χ0v) is 11.3. The van der Waals surface area contributed by atoms with E-state index in [-0.39, 0.29) is 5.91 Å². The molecule has 2 heterocycles. The number of carbonyl (C=O) groups is 1. The highest BCUT2D eigenvalue weighted by Crippen LogP contribution is 2.21. The summed E-state index contributed by atoms with van der Waals surface area (Å²) in [6.45, 7) is 0. The Morgan fingerprint density at radius 2 is 2.05 bits per heavy atom. The number of hydrogen-bond acceptors (Lipinski definition) is 3. The molecule has 0 aliphatic carbocycles. The summed E-state index contributed by atoms with van der Waals surface area (Å²) < 4.78 is 6.06. The molecule has 0 spiro atoms. The first-order valence-electron chi connectivity index (χ1n) is 5.63. The van der Waals surface area contributed by atoms with E-state index in [2.05, 4.69) is 26.2 Å². The summed E-state index contributed by atoms with van der Waals surface area (Å²) in [7, 11) is 0. The summed E-state index contributed by atoms with van der Waals surface area (Å²) >= 11 is 3.24. The van der Waals surface area contributed by atoms with Gasteiger partial charge < -0.3 is 9.73 Å². The number of para-hydroxylation sites is 1. The second kappa shape index (κ2) is 4.85. The summed E-state index contributed by atoms with van der Waals surface area (Å²) in [6.07, 6.45) is 3.05. The first kappa shape index (κ1) is 11.9. The molecule has 0 radical (unpaired) electrons. The van der Waals surface area contributed by atoms with E-state index in [1.54, 1.807) is 18.3 Å². The number of pyridine rings is 1. The number of amides is 1. The molecule has 0 fully saturated rings. The van der Waals surface area contributed by atoms with E-state index in [4.69, 9.17) is 4.42 Å². The van der Waals surface area contributed by atoms with Gasteiger partial charge in [-0.25, -0.2) is 4.98 Å². The lowest BCUT2D eigenvalue weighted by molar-refractivity contribution is 0.102. The minimum Gasteiger partial charge on any atom is -0.463 e. The average Bonchev–Trinajstić information content (AvgIpc) is 2.85. The van der Waals surface area contributed by atoms with Crippen molar-refractivity contribution in [1.82, 2.24) is 4.98 Å². The Morgan fingerprint density at radius 3 is 2.84 bits per heavy atom. The highest BCUT2D eigenvalue weighted by atomic mass is 79.9. The number of halogens is 1. The molecule has 0 bridgehead atoms. The van der Waals surface area contributed by atoms with Crippen molar-refractivity contribution < 1.29 is 9.21 Å². The van der Waals surface area contributed by atoms with Crippen molar-refractivity contribution in [2.75, 3.05) is 5.32 Å². The normalized spacial score (nSPS) is 10.6. The highest BCUT2D eigenvalue weighted by molar-refractivity contribution is 9.10. The molecule has 94 valence electrons. The van der Waals surface area contributed by atoms with Gasteiger partial charge in [0.15, 0.2) is 0 Å². The molecule has 0 saturated heterocycles. The Labute approximate surface area is 117 Å². The van der Waals surface area contributed by atoms with Crippen molar-refractivity contribution in [2.45, 2.75) is 0 Å². The quantitative estimate of drug-likeness (QED) is 0.731. The van der Waals surface area contributed by atoms with Gasteiger partial charge in [-0.1, -0.05) is 18.2 Å². The van der Waals surface area contributed by atoms with E-state index in [0.29, 0.717) is 16.8 Å². The van der Waals surface area contributed by atoms with Gasteiger partial charge in [-0.15, -0.1) is 0 Å². The van der Waals surface area contributed by atoms with Gasteiger partial charge >= 0.3 is 0 Å². The second-order valence-corrected chi connectivity index (χ2v) is 4.78. The molecule has 0 atom stereocenters. The summed E-state index contributed by atoms with van der Waals surface area (Å²) in [5.74, 6) is -0.214. The van der Waals surface area contributed by atoms with Crippen LogP contribution in [0.5, 0.6) is 0 Å². The molecule has 0 unspecified atom stereocenters. The van der Waals surface area contributed by atoms with E-state index in [1.807, 2.05) is 24.3 Å². The van der Waals surface area contributed by atoms with Crippen LogP contribution in [0.1, 0.15) is 10.4 Å². The summed E-state index contributed by atoms with van der Waals surface area (Å²) in [6, 6.07) is 11.0. The predicted molar refractivity (Wildman–Crippen MR) is 76.1 cm³/mol. The lowest BCUT2D eigenvalue weighted by atomic mass is 10.1. The van der Waals surface area contributed by atoms with Crippen molar-refractivity contribution in [1.29, 1.82) is 0 Å². The average molecular weight is 317 g/mol. The van der Waals surface area contributed by atoms with Crippen LogP contribution < -0.4 is 5.32 Å². The molecular weight excluding hydrogens is 308 g/mol. The lowest BCUT2D eigenvalue weighted by Gasteiger charge is -2.03. The van der Waals surface area contributed by atoms with E-state index < -0.39 is 0 Å². The van der Waals surface area contributed by atoms with Crippen molar-refractivity contribution >= 4 is 38.5 Å². The van der Waals surface area contributed by atoms with Gasteiger partial charge in [-0.2, -0.15) is 0 Å². The Morgan fingerprint density at radius 1 is 1.21 bits per heavy atom. The minimum absolute atomic E-state index is 0.214. The summed E-state index contributed by atoms with van der Waals surface area (Å²) in [5.41, 5.74) is 1.85. The number of nitrogens with one attached hydrogen (secondary N) is 1. The fourth-order valence-electron chi connectivity index (χ4n) is 1.80. The largest absolute Gasteiger partial charge is 0.463 e. The maximum atomic E-state index is 12.2. The standard InChI is InChI=1S/C14H9BrN2O2/c15-13-6-5-9(7-16-13)17-14(18)11-8-19-12-4-2-1-3-10(11)12/h1-8H,(H,17,18). The third kappa shape index (κ3) is 2.37. The molecular formula is C14H9BrN2O2. The van der Waals surface area contributed by atoms with Crippen LogP contribution in [0, 0.1) is 0 Å². The number of rotatable bonds is 2. The third-order valence-electron chi connectivity index (χ3n) is 2.71. The van der Waals surface area contributed by atoms with E-state index in [0.717, 1.165) is 9.99 Å². The Balaban J connectivity index is 1.90. The van der Waals surface area contributed by atoms with Gasteiger partial charge in [-0.05, 0) is 34.1 Å². The van der Waals surface area contributed by atoms with Gasteiger partial charge in [0.2, 0.25) is 0 Å². The molecule has 0 aliphatic rings. The van der Waals surface area contributed by atoms with Crippen LogP contribution in [0.3, 0.4) is 0 Å². The number of hydrogen-bond donors (Lipinski definition) is 1. The number of fused-ring (bicyclic) bond motifs is 1. The Kier molecular flexibility index (Phi) is 3.05. The molecule has 2 aromatic heterocycles. The fraction of sp³-hybridized carbons (Fsp3) is 0. The van der Waals surface area contributed by atoms with E-state index in [9.17, 15) is 4.79 Å². The van der Waals surface area contributed by atoms with Crippen LogP contribution >= 0.6 is 15.9 Å². The van der Waals surface area contributed by atoms with Gasteiger partial charge in [0, 0.05) is 5.39 Å². The van der Waals surface area contributed by atoms with Gasteiger partial charge in [-0.3, -0.25) is 4.79 Å². The molecule has 1 aromatic carbocycles. The van der Waals surface area contributed by atoms with Crippen LogP contribution in [0.2, 0.25) is 0 Å². The van der Waals surface area contributed by atoms with Crippen molar-refractivity contribution in [3.05, 3.63) is 59.0 Å². The monoisotopic (exact) mass is 316 g/mol. The molecule has 1 N–H and O–H groups in total. The molecule has 1 amide bonds. The molecule has 19 heavy (non-hydrogen) atoms. The number of aromatic nitrogens is 1. The predicted octanol–water partition coefficient (Wildman–Crippen LogP) is 3.84. The molecule has 4 nitrogen and oxygen atoms in total. The number of anilines is 1. The van der Waals surface area contributed by atoms with Gasteiger partial charge in [0.05, 0.1) is 17.4 Å². The zero-order valence-electron chi connectivity index (χ0n) is 9.76. The number of furan rings is 1. The number of benzene rings is 1. The maximum Gasteiger partial charge on any atom is 0.259 e. The first-order valence-corrected chi connectivity index (χ1v) is 6.42. The number of carbonyl (C=O) groups excluding carboxylic acids is 1. The van der Waals surface area contributed by atoms with E-state index in [1.165, 1.54) is 6.26 Å². The smallest absolute Gasteiger partial charge is 0.259 e. The molecule has 5 heteroatoms. The van der Waals surface area contributed by atoms with Gasteiger partial charge in [0.25, 0.3) is 5.91 Å².